The number of nitrogens with zero attached hydrogens (tertiary/aromatic N) is 3. The molecule has 1 N–H and O–H groups in total. The summed E-state index contributed by atoms with van der Waals surface area (Å²) in [5, 5.41) is 5.24. The summed E-state index contributed by atoms with van der Waals surface area (Å²) in [4.78, 5) is 35.4. The summed E-state index contributed by atoms with van der Waals surface area (Å²) < 4.78 is 11.1. The topological polar surface area (TPSA) is 93.7 Å². The Kier molecular flexibility index (Phi) is 4.80. The summed E-state index contributed by atoms with van der Waals surface area (Å²) in [7, 11) is 0. The molecule has 4 heterocycles. The first-order valence-electron chi connectivity index (χ1n) is 9.54. The molecule has 2 aliphatic rings. The number of pyridine rings is 1. The second-order valence-electron chi connectivity index (χ2n) is 7.00. The molecule has 3 aromatic rings. The quantitative estimate of drug-likeness (QED) is 0.695. The van der Waals surface area contributed by atoms with E-state index in [1.165, 1.54) is 11.3 Å². The number of hydrogen-bond acceptors (Lipinski definition) is 7. The van der Waals surface area contributed by atoms with Gasteiger partial charge in [-0.05, 0) is 24.3 Å². The van der Waals surface area contributed by atoms with Gasteiger partial charge in [-0.15, -0.1) is 11.3 Å². The second-order valence-corrected chi connectivity index (χ2v) is 7.85. The van der Waals surface area contributed by atoms with Crippen LogP contribution in [-0.4, -0.2) is 41.5 Å². The zero-order valence-corrected chi connectivity index (χ0v) is 16.7. The van der Waals surface area contributed by atoms with Crippen LogP contribution in [0.3, 0.4) is 0 Å². The van der Waals surface area contributed by atoms with Gasteiger partial charge in [0.1, 0.15) is 13.2 Å². The first-order valence-corrected chi connectivity index (χ1v) is 10.4. The van der Waals surface area contributed by atoms with Gasteiger partial charge in [-0.25, -0.2) is 4.98 Å². The van der Waals surface area contributed by atoms with Crippen LogP contribution < -0.4 is 19.7 Å². The Bertz CT molecular complexity index is 1100. The first-order chi connectivity index (χ1) is 14.7. The van der Waals surface area contributed by atoms with Gasteiger partial charge < -0.3 is 19.7 Å². The van der Waals surface area contributed by atoms with Gasteiger partial charge in [0, 0.05) is 48.1 Å². The van der Waals surface area contributed by atoms with Crippen LogP contribution in [0.1, 0.15) is 6.42 Å². The van der Waals surface area contributed by atoms with Crippen molar-refractivity contribution in [3.8, 4) is 22.8 Å². The van der Waals surface area contributed by atoms with Gasteiger partial charge in [0.05, 0.1) is 11.6 Å². The smallest absolute Gasteiger partial charge is 0.231 e. The van der Waals surface area contributed by atoms with E-state index in [1.54, 1.807) is 29.4 Å². The van der Waals surface area contributed by atoms with Crippen molar-refractivity contribution in [3.05, 3.63) is 48.1 Å². The minimum Gasteiger partial charge on any atom is -0.486 e. The Morgan fingerprint density at radius 1 is 1.13 bits per heavy atom. The molecule has 0 bridgehead atoms. The van der Waals surface area contributed by atoms with Crippen molar-refractivity contribution < 1.29 is 19.1 Å². The third-order valence-corrected chi connectivity index (χ3v) is 5.80. The van der Waals surface area contributed by atoms with Gasteiger partial charge in [0.2, 0.25) is 11.8 Å². The van der Waals surface area contributed by atoms with Crippen LogP contribution >= 0.6 is 11.3 Å². The van der Waals surface area contributed by atoms with Gasteiger partial charge in [0.15, 0.2) is 16.6 Å². The van der Waals surface area contributed by atoms with Crippen molar-refractivity contribution in [3.63, 3.8) is 0 Å². The fourth-order valence-corrected chi connectivity index (χ4v) is 4.25. The molecule has 0 spiro atoms. The minimum atomic E-state index is -0.445. The molecule has 9 heteroatoms. The average Bonchev–Trinajstić information content (AvgIpc) is 3.41. The van der Waals surface area contributed by atoms with Crippen molar-refractivity contribution in [2.75, 3.05) is 30.0 Å². The maximum atomic E-state index is 12.7. The van der Waals surface area contributed by atoms with Crippen LogP contribution in [0.5, 0.6) is 11.5 Å². The number of nitrogens with one attached hydrogen (secondary N) is 1. The zero-order valence-electron chi connectivity index (χ0n) is 15.9. The van der Waals surface area contributed by atoms with Crippen LogP contribution in [0.25, 0.3) is 11.3 Å². The monoisotopic (exact) mass is 422 g/mol. The molecule has 0 aliphatic carbocycles. The number of thiazole rings is 1. The predicted octanol–water partition coefficient (Wildman–Crippen LogP) is 2.97. The van der Waals surface area contributed by atoms with Gasteiger partial charge >= 0.3 is 0 Å². The Hall–Kier alpha value is -3.46. The molecule has 1 saturated heterocycles. The maximum Gasteiger partial charge on any atom is 0.231 e. The van der Waals surface area contributed by atoms with Gasteiger partial charge in [0.25, 0.3) is 0 Å². The zero-order chi connectivity index (χ0) is 20.5. The minimum absolute atomic E-state index is 0.0940. The molecule has 8 nitrogen and oxygen atoms in total. The Labute approximate surface area is 176 Å². The van der Waals surface area contributed by atoms with Crippen LogP contribution in [0, 0.1) is 5.92 Å². The highest BCUT2D eigenvalue weighted by Gasteiger charge is 2.36. The number of rotatable bonds is 4. The lowest BCUT2D eigenvalue weighted by Gasteiger charge is -2.22. The number of fused-ring (bicyclic) bond motifs is 1. The highest BCUT2D eigenvalue weighted by molar-refractivity contribution is 7.14. The van der Waals surface area contributed by atoms with E-state index in [1.807, 2.05) is 23.6 Å². The SMILES string of the molecule is O=C(Nc1nc(-c2ccncc2)cs1)[C@@H]1CC(=O)N(c2ccc3c(c2)OCCO3)C1. The van der Waals surface area contributed by atoms with E-state index in [-0.39, 0.29) is 18.2 Å². The lowest BCUT2D eigenvalue weighted by molar-refractivity contribution is -0.122. The number of amides is 2. The van der Waals surface area contributed by atoms with Crippen LogP contribution in [0.2, 0.25) is 0 Å². The van der Waals surface area contributed by atoms with E-state index < -0.39 is 5.92 Å². The number of aromatic nitrogens is 2. The van der Waals surface area contributed by atoms with Crippen LogP contribution in [0.15, 0.2) is 48.1 Å². The summed E-state index contributed by atoms with van der Waals surface area (Å²) >= 11 is 1.35. The third-order valence-electron chi connectivity index (χ3n) is 5.04. The number of anilines is 2. The molecule has 152 valence electrons. The lowest BCUT2D eigenvalue weighted by atomic mass is 10.1. The Balaban J connectivity index is 1.26. The fourth-order valence-electron chi connectivity index (χ4n) is 3.53. The molecule has 2 amide bonds. The fraction of sp³-hybridized carbons (Fsp3) is 0.238. The molecule has 2 aromatic heterocycles. The van der Waals surface area contributed by atoms with Crippen LogP contribution in [-0.2, 0) is 9.59 Å². The molecule has 2 aliphatic heterocycles. The van der Waals surface area contributed by atoms with E-state index in [0.29, 0.717) is 42.1 Å². The van der Waals surface area contributed by atoms with E-state index in [9.17, 15) is 9.59 Å². The molecule has 30 heavy (non-hydrogen) atoms. The van der Waals surface area contributed by atoms with Gasteiger partial charge in [-0.2, -0.15) is 0 Å². The van der Waals surface area contributed by atoms with E-state index in [4.69, 9.17) is 9.47 Å². The van der Waals surface area contributed by atoms with E-state index >= 15 is 0 Å². The number of ether oxygens (including phenoxy) is 2. The molecular formula is C21H18N4O4S. The number of carbonyl (C=O) groups excluding carboxylic acids is 2. The Morgan fingerprint density at radius 2 is 1.93 bits per heavy atom. The molecule has 0 saturated carbocycles. The van der Waals surface area contributed by atoms with Crippen LogP contribution in [0.4, 0.5) is 10.8 Å². The van der Waals surface area contributed by atoms with Gasteiger partial charge in [-0.1, -0.05) is 0 Å². The number of hydrogen-bond donors (Lipinski definition) is 1. The second kappa shape index (κ2) is 7.75. The van der Waals surface area contributed by atoms with Crippen molar-refractivity contribution in [1.82, 2.24) is 9.97 Å². The lowest BCUT2D eigenvalue weighted by Crippen LogP contribution is -2.28. The summed E-state index contributed by atoms with van der Waals surface area (Å²) in [5.41, 5.74) is 2.41. The summed E-state index contributed by atoms with van der Waals surface area (Å²) in [6, 6.07) is 9.12. The van der Waals surface area contributed by atoms with Crippen molar-refractivity contribution in [2.45, 2.75) is 6.42 Å². The Morgan fingerprint density at radius 3 is 2.77 bits per heavy atom. The maximum absolute atomic E-state index is 12.7. The first kappa shape index (κ1) is 18.6. The van der Waals surface area contributed by atoms with Crippen molar-refractivity contribution in [1.29, 1.82) is 0 Å². The van der Waals surface area contributed by atoms with E-state index in [0.717, 1.165) is 11.3 Å². The standard InChI is InChI=1S/C21H18N4O4S/c26-19-9-14(11-25(19)15-1-2-17-18(10-15)29-8-7-28-17)20(27)24-21-23-16(12-30-21)13-3-5-22-6-4-13/h1-6,10,12,14H,7-9,11H2,(H,23,24,27)/t14-/m1/s1. The highest BCUT2D eigenvalue weighted by Crippen LogP contribution is 2.36. The molecular weight excluding hydrogens is 404 g/mol. The molecule has 1 atom stereocenters. The average molecular weight is 422 g/mol. The number of benzene rings is 1. The summed E-state index contributed by atoms with van der Waals surface area (Å²) in [5.74, 6) is 0.534. The van der Waals surface area contributed by atoms with E-state index in [2.05, 4.69) is 15.3 Å². The summed E-state index contributed by atoms with van der Waals surface area (Å²) in [6.45, 7) is 1.30. The third kappa shape index (κ3) is 3.59. The molecule has 1 aromatic carbocycles. The molecule has 0 radical (unpaired) electrons. The molecule has 1 fully saturated rings. The van der Waals surface area contributed by atoms with Crippen molar-refractivity contribution >= 4 is 34.0 Å². The predicted molar refractivity (Wildman–Crippen MR) is 112 cm³/mol. The molecule has 5 rings (SSSR count). The number of carbonyl (C=O) groups is 2. The van der Waals surface area contributed by atoms with Gasteiger partial charge in [-0.3, -0.25) is 14.6 Å². The largest absolute Gasteiger partial charge is 0.486 e. The molecule has 0 unspecified atom stereocenters. The summed E-state index contributed by atoms with van der Waals surface area (Å²) in [6.07, 6.45) is 3.55. The normalized spacial score (nSPS) is 17.8. The highest BCUT2D eigenvalue weighted by atomic mass is 32.1. The van der Waals surface area contributed by atoms with Crippen molar-refractivity contribution in [2.24, 2.45) is 5.92 Å².